The van der Waals surface area contributed by atoms with E-state index in [1.807, 2.05) is 26.2 Å². The standard InChI is InChI=1S/C14H14ClN3/c1-8-5-11(7-16-6-8)12-9(2)13(15)18-14(17-12)10-3-4-10/h5-7,10H,3-4H2,1-2H3. The molecule has 3 nitrogen and oxygen atoms in total. The number of halogens is 1. The van der Waals surface area contributed by atoms with Gasteiger partial charge in [-0.1, -0.05) is 11.6 Å². The maximum absolute atomic E-state index is 6.21. The fourth-order valence-corrected chi connectivity index (χ4v) is 2.17. The largest absolute Gasteiger partial charge is 0.264 e. The van der Waals surface area contributed by atoms with Crippen molar-refractivity contribution in [1.29, 1.82) is 0 Å². The van der Waals surface area contributed by atoms with Gasteiger partial charge in [0.2, 0.25) is 0 Å². The molecule has 3 rings (SSSR count). The molecular formula is C14H14ClN3. The maximum Gasteiger partial charge on any atom is 0.136 e. The van der Waals surface area contributed by atoms with Crippen LogP contribution in [0.4, 0.5) is 0 Å². The third-order valence-corrected chi connectivity index (χ3v) is 3.56. The third kappa shape index (κ3) is 2.10. The first-order chi connectivity index (χ1) is 8.65. The van der Waals surface area contributed by atoms with Gasteiger partial charge in [0, 0.05) is 29.4 Å². The molecule has 0 saturated heterocycles. The van der Waals surface area contributed by atoms with Crippen molar-refractivity contribution in [2.24, 2.45) is 0 Å². The minimum atomic E-state index is 0.500. The van der Waals surface area contributed by atoms with Gasteiger partial charge in [-0.25, -0.2) is 9.97 Å². The van der Waals surface area contributed by atoms with Gasteiger partial charge >= 0.3 is 0 Å². The fraction of sp³-hybridized carbons (Fsp3) is 0.357. The van der Waals surface area contributed by atoms with Crippen molar-refractivity contribution in [1.82, 2.24) is 15.0 Å². The molecule has 0 N–H and O–H groups in total. The monoisotopic (exact) mass is 259 g/mol. The van der Waals surface area contributed by atoms with E-state index in [4.69, 9.17) is 11.6 Å². The van der Waals surface area contributed by atoms with Crippen LogP contribution in [0.3, 0.4) is 0 Å². The van der Waals surface area contributed by atoms with Gasteiger partial charge in [-0.3, -0.25) is 4.98 Å². The van der Waals surface area contributed by atoms with Gasteiger partial charge in [-0.15, -0.1) is 0 Å². The van der Waals surface area contributed by atoms with E-state index in [9.17, 15) is 0 Å². The molecular weight excluding hydrogens is 246 g/mol. The lowest BCUT2D eigenvalue weighted by Crippen LogP contribution is -1.99. The first-order valence-corrected chi connectivity index (χ1v) is 6.49. The van der Waals surface area contributed by atoms with E-state index in [0.29, 0.717) is 11.1 Å². The van der Waals surface area contributed by atoms with Crippen LogP contribution in [-0.4, -0.2) is 15.0 Å². The lowest BCUT2D eigenvalue weighted by molar-refractivity contribution is 0.921. The zero-order chi connectivity index (χ0) is 12.7. The molecule has 92 valence electrons. The van der Waals surface area contributed by atoms with E-state index >= 15 is 0 Å². The van der Waals surface area contributed by atoms with Crippen LogP contribution in [0, 0.1) is 13.8 Å². The first kappa shape index (κ1) is 11.6. The second-order valence-electron chi connectivity index (χ2n) is 4.87. The normalized spacial score (nSPS) is 14.8. The number of rotatable bonds is 2. The van der Waals surface area contributed by atoms with Crippen molar-refractivity contribution >= 4 is 11.6 Å². The molecule has 0 amide bonds. The average molecular weight is 260 g/mol. The zero-order valence-electron chi connectivity index (χ0n) is 10.4. The van der Waals surface area contributed by atoms with E-state index in [1.54, 1.807) is 0 Å². The lowest BCUT2D eigenvalue weighted by Gasteiger charge is -2.09. The van der Waals surface area contributed by atoms with Gasteiger partial charge in [0.25, 0.3) is 0 Å². The smallest absolute Gasteiger partial charge is 0.136 e. The molecule has 0 atom stereocenters. The predicted octanol–water partition coefficient (Wildman–Crippen LogP) is 3.69. The summed E-state index contributed by atoms with van der Waals surface area (Å²) in [4.78, 5) is 13.3. The molecule has 0 spiro atoms. The summed E-state index contributed by atoms with van der Waals surface area (Å²) in [5.74, 6) is 1.38. The van der Waals surface area contributed by atoms with Gasteiger partial charge < -0.3 is 0 Å². The van der Waals surface area contributed by atoms with Gasteiger partial charge in [0.05, 0.1) is 5.69 Å². The second kappa shape index (κ2) is 4.32. The van der Waals surface area contributed by atoms with Gasteiger partial charge in [-0.2, -0.15) is 0 Å². The molecule has 0 unspecified atom stereocenters. The Bertz CT molecular complexity index is 606. The molecule has 0 radical (unpaired) electrons. The van der Waals surface area contributed by atoms with Crippen molar-refractivity contribution < 1.29 is 0 Å². The molecule has 2 aromatic rings. The molecule has 1 aliphatic carbocycles. The van der Waals surface area contributed by atoms with Crippen LogP contribution < -0.4 is 0 Å². The van der Waals surface area contributed by atoms with E-state index in [0.717, 1.165) is 28.2 Å². The van der Waals surface area contributed by atoms with Crippen LogP contribution in [-0.2, 0) is 0 Å². The molecule has 2 aromatic heterocycles. The summed E-state index contributed by atoms with van der Waals surface area (Å²) >= 11 is 6.21. The summed E-state index contributed by atoms with van der Waals surface area (Å²) in [6.45, 7) is 3.98. The highest BCUT2D eigenvalue weighted by atomic mass is 35.5. The Labute approximate surface area is 111 Å². The highest BCUT2D eigenvalue weighted by Gasteiger charge is 2.28. The molecule has 4 heteroatoms. The predicted molar refractivity (Wildman–Crippen MR) is 71.7 cm³/mol. The molecule has 18 heavy (non-hydrogen) atoms. The number of aromatic nitrogens is 3. The summed E-state index contributed by atoms with van der Waals surface area (Å²) in [5, 5.41) is 0.559. The van der Waals surface area contributed by atoms with Gasteiger partial charge in [-0.05, 0) is 38.3 Å². The lowest BCUT2D eigenvalue weighted by atomic mass is 10.1. The number of hydrogen-bond acceptors (Lipinski definition) is 3. The van der Waals surface area contributed by atoms with Gasteiger partial charge in [0.1, 0.15) is 11.0 Å². The number of pyridine rings is 1. The summed E-state index contributed by atoms with van der Waals surface area (Å²) < 4.78 is 0. The van der Waals surface area contributed by atoms with Crippen LogP contribution in [0.15, 0.2) is 18.5 Å². The Morgan fingerprint density at radius 3 is 2.61 bits per heavy atom. The van der Waals surface area contributed by atoms with E-state index in [-0.39, 0.29) is 0 Å². The average Bonchev–Trinajstić information content (AvgIpc) is 3.16. The molecule has 1 aliphatic rings. The summed E-state index contributed by atoms with van der Waals surface area (Å²) in [7, 11) is 0. The Morgan fingerprint density at radius 2 is 1.94 bits per heavy atom. The van der Waals surface area contributed by atoms with Gasteiger partial charge in [0.15, 0.2) is 0 Å². The van der Waals surface area contributed by atoms with Crippen molar-refractivity contribution in [3.8, 4) is 11.3 Å². The minimum Gasteiger partial charge on any atom is -0.264 e. The highest BCUT2D eigenvalue weighted by molar-refractivity contribution is 6.30. The van der Waals surface area contributed by atoms with Crippen LogP contribution >= 0.6 is 11.6 Å². The Morgan fingerprint density at radius 1 is 1.17 bits per heavy atom. The number of nitrogens with zero attached hydrogens (tertiary/aromatic N) is 3. The van der Waals surface area contributed by atoms with Crippen molar-refractivity contribution in [3.05, 3.63) is 40.6 Å². The van der Waals surface area contributed by atoms with E-state index in [2.05, 4.69) is 21.0 Å². The quantitative estimate of drug-likeness (QED) is 0.772. The summed E-state index contributed by atoms with van der Waals surface area (Å²) in [6.07, 6.45) is 6.01. The van der Waals surface area contributed by atoms with Crippen molar-refractivity contribution in [3.63, 3.8) is 0 Å². The van der Waals surface area contributed by atoms with E-state index < -0.39 is 0 Å². The van der Waals surface area contributed by atoms with Crippen molar-refractivity contribution in [2.75, 3.05) is 0 Å². The Balaban J connectivity index is 2.15. The van der Waals surface area contributed by atoms with Crippen LogP contribution in [0.2, 0.25) is 5.15 Å². The SMILES string of the molecule is Cc1cncc(-c2nc(C3CC3)nc(Cl)c2C)c1. The third-order valence-electron chi connectivity index (χ3n) is 3.19. The van der Waals surface area contributed by atoms with E-state index in [1.165, 1.54) is 12.8 Å². The molecule has 0 aromatic carbocycles. The Kier molecular flexibility index (Phi) is 2.78. The van der Waals surface area contributed by atoms with Crippen LogP contribution in [0.1, 0.15) is 35.7 Å². The first-order valence-electron chi connectivity index (χ1n) is 6.11. The highest BCUT2D eigenvalue weighted by Crippen LogP contribution is 2.40. The molecule has 2 heterocycles. The minimum absolute atomic E-state index is 0.500. The summed E-state index contributed by atoms with van der Waals surface area (Å²) in [5.41, 5.74) is 3.97. The fourth-order valence-electron chi connectivity index (χ4n) is 2.00. The molecule has 0 aliphatic heterocycles. The Hall–Kier alpha value is -1.48. The van der Waals surface area contributed by atoms with Crippen LogP contribution in [0.5, 0.6) is 0 Å². The zero-order valence-corrected chi connectivity index (χ0v) is 11.2. The van der Waals surface area contributed by atoms with Crippen LogP contribution in [0.25, 0.3) is 11.3 Å². The number of aryl methyl sites for hydroxylation is 1. The second-order valence-corrected chi connectivity index (χ2v) is 5.23. The molecule has 1 saturated carbocycles. The molecule has 0 bridgehead atoms. The maximum atomic E-state index is 6.21. The number of hydrogen-bond donors (Lipinski definition) is 0. The molecule has 1 fully saturated rings. The topological polar surface area (TPSA) is 38.7 Å². The van der Waals surface area contributed by atoms with Crippen molar-refractivity contribution in [2.45, 2.75) is 32.6 Å². The summed E-state index contributed by atoms with van der Waals surface area (Å²) in [6, 6.07) is 2.08.